The van der Waals surface area contributed by atoms with E-state index < -0.39 is 12.3 Å². The molecule has 1 fully saturated rings. The van der Waals surface area contributed by atoms with E-state index in [1.54, 1.807) is 4.90 Å². The van der Waals surface area contributed by atoms with E-state index in [-0.39, 0.29) is 13.2 Å². The molecular formula is C20H17F3N2O. The summed E-state index contributed by atoms with van der Waals surface area (Å²) in [4.78, 5) is 6.44. The molecule has 1 aromatic heterocycles. The van der Waals surface area contributed by atoms with Crippen molar-refractivity contribution >= 4 is 16.6 Å². The van der Waals surface area contributed by atoms with Crippen LogP contribution in [0.1, 0.15) is 0 Å². The van der Waals surface area contributed by atoms with E-state index in [9.17, 15) is 13.2 Å². The standard InChI is InChI=1S/C20H17F3N2O/c21-20(22,23)19-13-25(10-11-26-19)18-12-17(14-6-2-1-3-7-14)24-16-9-5-4-8-15(16)18/h1-9,12,19H,10-11,13H2/t19-/m1/s1. The van der Waals surface area contributed by atoms with Crippen LogP contribution in [0.5, 0.6) is 0 Å². The number of anilines is 1. The van der Waals surface area contributed by atoms with Crippen molar-refractivity contribution in [3.8, 4) is 11.3 Å². The highest BCUT2D eigenvalue weighted by Crippen LogP contribution is 2.34. The maximum Gasteiger partial charge on any atom is 0.416 e. The average molecular weight is 358 g/mol. The third-order valence-corrected chi connectivity index (χ3v) is 4.54. The minimum atomic E-state index is -4.37. The van der Waals surface area contributed by atoms with Gasteiger partial charge in [-0.25, -0.2) is 4.98 Å². The van der Waals surface area contributed by atoms with Gasteiger partial charge in [0.1, 0.15) is 0 Å². The fourth-order valence-corrected chi connectivity index (χ4v) is 3.24. The summed E-state index contributed by atoms with van der Waals surface area (Å²) in [5, 5.41) is 0.843. The van der Waals surface area contributed by atoms with Crippen molar-refractivity contribution in [3.63, 3.8) is 0 Å². The molecule has 2 aromatic carbocycles. The van der Waals surface area contributed by atoms with Gasteiger partial charge in [-0.1, -0.05) is 48.5 Å². The van der Waals surface area contributed by atoms with E-state index in [0.29, 0.717) is 6.54 Å². The van der Waals surface area contributed by atoms with Gasteiger partial charge in [0.15, 0.2) is 6.10 Å². The second-order valence-electron chi connectivity index (χ2n) is 6.26. The zero-order valence-corrected chi connectivity index (χ0v) is 13.9. The van der Waals surface area contributed by atoms with Gasteiger partial charge < -0.3 is 9.64 Å². The molecule has 1 aliphatic rings. The first-order valence-electron chi connectivity index (χ1n) is 8.41. The minimum absolute atomic E-state index is 0.0432. The highest BCUT2D eigenvalue weighted by Gasteiger charge is 2.43. The van der Waals surface area contributed by atoms with Crippen LogP contribution in [0, 0.1) is 0 Å². The number of hydrogen-bond donors (Lipinski definition) is 0. The molecule has 2 heterocycles. The number of halogens is 3. The highest BCUT2D eigenvalue weighted by atomic mass is 19.4. The number of fused-ring (bicyclic) bond motifs is 1. The van der Waals surface area contributed by atoms with Crippen LogP contribution in [-0.4, -0.2) is 37.0 Å². The molecule has 0 radical (unpaired) electrons. The Morgan fingerprint density at radius 3 is 2.50 bits per heavy atom. The van der Waals surface area contributed by atoms with Crippen molar-refractivity contribution in [3.05, 3.63) is 60.7 Å². The smallest absolute Gasteiger partial charge is 0.366 e. The molecule has 1 saturated heterocycles. The Morgan fingerprint density at radius 2 is 1.73 bits per heavy atom. The van der Waals surface area contributed by atoms with E-state index in [4.69, 9.17) is 4.74 Å². The Hall–Kier alpha value is -2.60. The number of para-hydroxylation sites is 1. The lowest BCUT2D eigenvalue weighted by molar-refractivity contribution is -0.221. The molecule has 3 aromatic rings. The van der Waals surface area contributed by atoms with Gasteiger partial charge in [0.2, 0.25) is 0 Å². The Morgan fingerprint density at radius 1 is 1.00 bits per heavy atom. The average Bonchev–Trinajstić information content (AvgIpc) is 2.67. The third kappa shape index (κ3) is 3.24. The monoisotopic (exact) mass is 358 g/mol. The topological polar surface area (TPSA) is 25.4 Å². The van der Waals surface area contributed by atoms with Gasteiger partial charge in [0, 0.05) is 23.2 Å². The molecule has 0 bridgehead atoms. The molecule has 0 amide bonds. The summed E-state index contributed by atoms with van der Waals surface area (Å²) >= 11 is 0. The summed E-state index contributed by atoms with van der Waals surface area (Å²) in [6, 6.07) is 19.0. The molecule has 134 valence electrons. The largest absolute Gasteiger partial charge is 0.416 e. The maximum absolute atomic E-state index is 13.1. The summed E-state index contributed by atoms with van der Waals surface area (Å²) in [5.41, 5.74) is 3.19. The van der Waals surface area contributed by atoms with Gasteiger partial charge in [-0.15, -0.1) is 0 Å². The lowest BCUT2D eigenvalue weighted by atomic mass is 10.1. The van der Waals surface area contributed by atoms with E-state index in [1.165, 1.54) is 0 Å². The summed E-state index contributed by atoms with van der Waals surface area (Å²) in [6.45, 7) is 0.238. The molecule has 0 unspecified atom stereocenters. The van der Waals surface area contributed by atoms with Gasteiger partial charge in [0.25, 0.3) is 0 Å². The molecule has 3 nitrogen and oxygen atoms in total. The van der Waals surface area contributed by atoms with Crippen molar-refractivity contribution in [2.24, 2.45) is 0 Å². The van der Waals surface area contributed by atoms with Crippen LogP contribution < -0.4 is 4.90 Å². The minimum Gasteiger partial charge on any atom is -0.366 e. The molecule has 26 heavy (non-hydrogen) atoms. The number of pyridine rings is 1. The molecule has 0 aliphatic carbocycles. The Bertz CT molecular complexity index is 912. The number of rotatable bonds is 2. The van der Waals surface area contributed by atoms with Crippen molar-refractivity contribution in [1.29, 1.82) is 0 Å². The summed E-state index contributed by atoms with van der Waals surface area (Å²) in [7, 11) is 0. The van der Waals surface area contributed by atoms with E-state index >= 15 is 0 Å². The molecule has 6 heteroatoms. The van der Waals surface area contributed by atoms with Crippen LogP contribution in [0.4, 0.5) is 18.9 Å². The predicted molar refractivity (Wildman–Crippen MR) is 95.2 cm³/mol. The van der Waals surface area contributed by atoms with Gasteiger partial charge in [-0.05, 0) is 12.1 Å². The summed E-state index contributed by atoms with van der Waals surface area (Å²) in [6.07, 6.45) is -6.15. The van der Waals surface area contributed by atoms with Crippen molar-refractivity contribution in [2.45, 2.75) is 12.3 Å². The zero-order chi connectivity index (χ0) is 18.1. The number of alkyl halides is 3. The summed E-state index contributed by atoms with van der Waals surface area (Å²) in [5.74, 6) is 0. The van der Waals surface area contributed by atoms with Crippen LogP contribution in [0.2, 0.25) is 0 Å². The normalized spacial score (nSPS) is 18.3. The highest BCUT2D eigenvalue weighted by molar-refractivity contribution is 5.94. The molecule has 0 spiro atoms. The van der Waals surface area contributed by atoms with E-state index in [0.717, 1.165) is 27.8 Å². The molecular weight excluding hydrogens is 341 g/mol. The number of hydrogen-bond acceptors (Lipinski definition) is 3. The molecule has 4 rings (SSSR count). The molecule has 1 aliphatic heterocycles. The second kappa shape index (κ2) is 6.61. The molecule has 0 saturated carbocycles. The Labute approximate surface area is 149 Å². The first-order chi connectivity index (χ1) is 12.5. The zero-order valence-electron chi connectivity index (χ0n) is 13.9. The van der Waals surface area contributed by atoms with Crippen molar-refractivity contribution in [2.75, 3.05) is 24.6 Å². The number of nitrogens with zero attached hydrogens (tertiary/aromatic N) is 2. The van der Waals surface area contributed by atoms with Crippen LogP contribution in [0.3, 0.4) is 0 Å². The number of ether oxygens (including phenoxy) is 1. The molecule has 0 N–H and O–H groups in total. The van der Waals surface area contributed by atoms with Crippen LogP contribution in [0.15, 0.2) is 60.7 Å². The predicted octanol–water partition coefficient (Wildman–Crippen LogP) is 4.67. The Kier molecular flexibility index (Phi) is 4.28. The fourth-order valence-electron chi connectivity index (χ4n) is 3.24. The third-order valence-electron chi connectivity index (χ3n) is 4.54. The SMILES string of the molecule is FC(F)(F)[C@H]1CN(c2cc(-c3ccccc3)nc3ccccc23)CCO1. The first kappa shape index (κ1) is 16.8. The number of morpholine rings is 1. The van der Waals surface area contributed by atoms with Gasteiger partial charge in [-0.3, -0.25) is 0 Å². The molecule has 1 atom stereocenters. The fraction of sp³-hybridized carbons (Fsp3) is 0.250. The van der Waals surface area contributed by atoms with Gasteiger partial charge in [0.05, 0.1) is 24.4 Å². The Balaban J connectivity index is 1.81. The second-order valence-corrected chi connectivity index (χ2v) is 6.26. The maximum atomic E-state index is 13.1. The number of aromatic nitrogens is 1. The van der Waals surface area contributed by atoms with Crippen molar-refractivity contribution < 1.29 is 17.9 Å². The summed E-state index contributed by atoms with van der Waals surface area (Å²) < 4.78 is 44.3. The van der Waals surface area contributed by atoms with E-state index in [2.05, 4.69) is 4.98 Å². The van der Waals surface area contributed by atoms with Crippen LogP contribution in [-0.2, 0) is 4.74 Å². The lowest BCUT2D eigenvalue weighted by Gasteiger charge is -2.36. The van der Waals surface area contributed by atoms with E-state index in [1.807, 2.05) is 60.7 Å². The van der Waals surface area contributed by atoms with Crippen molar-refractivity contribution in [1.82, 2.24) is 4.98 Å². The van der Waals surface area contributed by atoms with Gasteiger partial charge >= 0.3 is 6.18 Å². The lowest BCUT2D eigenvalue weighted by Crippen LogP contribution is -2.49. The van der Waals surface area contributed by atoms with Crippen LogP contribution in [0.25, 0.3) is 22.2 Å². The van der Waals surface area contributed by atoms with Crippen LogP contribution >= 0.6 is 0 Å². The first-order valence-corrected chi connectivity index (χ1v) is 8.41. The quantitative estimate of drug-likeness (QED) is 0.666. The number of benzene rings is 2. The van der Waals surface area contributed by atoms with Gasteiger partial charge in [-0.2, -0.15) is 13.2 Å².